The summed E-state index contributed by atoms with van der Waals surface area (Å²) in [5, 5.41) is 18.2. The van der Waals surface area contributed by atoms with E-state index in [1.165, 1.54) is 43.6 Å². The number of hydrogen-bond acceptors (Lipinski definition) is 3. The second-order valence-corrected chi connectivity index (χ2v) is 7.27. The van der Waals surface area contributed by atoms with Crippen LogP contribution in [0.2, 0.25) is 0 Å². The Bertz CT molecular complexity index is 355. The van der Waals surface area contributed by atoms with E-state index in [4.69, 9.17) is 7.01 Å². The van der Waals surface area contributed by atoms with Crippen LogP contribution in [0.15, 0.2) is 0 Å². The van der Waals surface area contributed by atoms with Crippen LogP contribution in [0.1, 0.15) is 27.2 Å². The molecule has 1 aliphatic rings. The molecular weight excluding hydrogens is 442 g/mol. The Morgan fingerprint density at radius 2 is 1.07 bits per heavy atom. The summed E-state index contributed by atoms with van der Waals surface area (Å²) in [5.74, 6) is 0. The molecule has 28 heavy (non-hydrogen) atoms. The van der Waals surface area contributed by atoms with Crippen molar-refractivity contribution in [1.82, 2.24) is 4.90 Å². The SMILES string of the molecule is CC[N+](CC)(CC)CCCN1CC[N-]CC[N-]CC[N-]CC[N-]CC1.[O]=[Tc]=[O]. The van der Waals surface area contributed by atoms with Crippen LogP contribution in [0, 0.1) is 0 Å². The molecule has 1 saturated heterocycles. The van der Waals surface area contributed by atoms with Gasteiger partial charge in [-0.3, -0.25) is 0 Å². The van der Waals surface area contributed by atoms with Gasteiger partial charge in [-0.15, -0.1) is 13.1 Å². The van der Waals surface area contributed by atoms with Crippen molar-refractivity contribution >= 4 is 0 Å². The molecule has 1 fully saturated rings. The Hall–Kier alpha value is 0.00935. The Balaban J connectivity index is 0.00000227. The van der Waals surface area contributed by atoms with E-state index >= 15 is 0 Å². The summed E-state index contributed by atoms with van der Waals surface area (Å²) < 4.78 is 18.2. The average Bonchev–Trinajstić information content (AvgIpc) is 2.72. The van der Waals surface area contributed by atoms with Gasteiger partial charge in [-0.1, -0.05) is 0 Å². The van der Waals surface area contributed by atoms with Gasteiger partial charge in [0.05, 0.1) is 26.2 Å². The third kappa shape index (κ3) is 14.9. The second kappa shape index (κ2) is 20.3. The van der Waals surface area contributed by atoms with Crippen LogP contribution in [0.5, 0.6) is 0 Å². The predicted octanol–water partition coefficient (Wildman–Crippen LogP) is 2.82. The number of quaternary nitrogens is 1. The molecule has 0 saturated carbocycles. The van der Waals surface area contributed by atoms with Gasteiger partial charge in [0.15, 0.2) is 0 Å². The molecule has 9 heteroatoms. The van der Waals surface area contributed by atoms with Crippen molar-refractivity contribution in [2.24, 2.45) is 0 Å². The Morgan fingerprint density at radius 1 is 0.714 bits per heavy atom. The van der Waals surface area contributed by atoms with E-state index in [2.05, 4.69) is 46.9 Å². The van der Waals surface area contributed by atoms with Gasteiger partial charge in [0.1, 0.15) is 0 Å². The first kappa shape index (κ1) is 28.0. The van der Waals surface area contributed by atoms with Crippen LogP contribution in [0.3, 0.4) is 0 Å². The van der Waals surface area contributed by atoms with E-state index in [9.17, 15) is 0 Å². The fourth-order valence-corrected chi connectivity index (χ4v) is 3.41. The van der Waals surface area contributed by atoms with Gasteiger partial charge < -0.3 is 30.7 Å². The Labute approximate surface area is 180 Å². The van der Waals surface area contributed by atoms with E-state index in [1.54, 1.807) is 0 Å². The van der Waals surface area contributed by atoms with E-state index in [1.807, 2.05) is 0 Å². The maximum atomic E-state index is 8.48. The molecule has 169 valence electrons. The van der Waals surface area contributed by atoms with Crippen molar-refractivity contribution in [3.05, 3.63) is 21.3 Å². The van der Waals surface area contributed by atoms with Crippen LogP contribution in [-0.2, 0) is 24.6 Å². The fourth-order valence-electron chi connectivity index (χ4n) is 3.41. The molecule has 8 nitrogen and oxygen atoms in total. The first-order valence-corrected chi connectivity index (χ1v) is 12.2. The Morgan fingerprint density at radius 3 is 1.43 bits per heavy atom. The molecule has 0 aliphatic carbocycles. The standard InChI is InChI=1S/C19H41N6.2O.Tc/c1-4-25(5-2,6-3)19-7-16-24-17-14-22-12-10-20-8-9-21-11-13-23-15-18-24;;;/h4-19H2,1-3H3;;;/q-3;;;. The van der Waals surface area contributed by atoms with Crippen molar-refractivity contribution in [2.75, 3.05) is 98.2 Å². The van der Waals surface area contributed by atoms with Crippen LogP contribution in [0.4, 0.5) is 0 Å². The zero-order valence-electron chi connectivity index (χ0n) is 18.2. The van der Waals surface area contributed by atoms with Gasteiger partial charge in [0, 0.05) is 13.0 Å². The monoisotopic (exact) mass is 482 g/mol. The van der Waals surface area contributed by atoms with Crippen LogP contribution in [0.25, 0.3) is 21.3 Å². The first-order valence-electron chi connectivity index (χ1n) is 10.7. The average molecular weight is 484 g/mol. The van der Waals surface area contributed by atoms with Crippen molar-refractivity contribution in [1.29, 1.82) is 0 Å². The third-order valence-electron chi connectivity index (χ3n) is 5.52. The van der Waals surface area contributed by atoms with E-state index in [0.29, 0.717) is 0 Å². The summed E-state index contributed by atoms with van der Waals surface area (Å²) in [7, 11) is 0. The van der Waals surface area contributed by atoms with Crippen molar-refractivity contribution in [2.45, 2.75) is 27.2 Å². The van der Waals surface area contributed by atoms with Crippen LogP contribution < -0.4 is 0 Å². The molecule has 0 radical (unpaired) electrons. The molecule has 0 bridgehead atoms. The summed E-state index contributed by atoms with van der Waals surface area (Å²) >= 11 is -1.91. The molecule has 0 amide bonds. The zero-order chi connectivity index (χ0) is 20.9. The first-order chi connectivity index (χ1) is 13.7. The summed E-state index contributed by atoms with van der Waals surface area (Å²) in [6, 6.07) is 0. The quantitative estimate of drug-likeness (QED) is 0.521. The Kier molecular flexibility index (Phi) is 20.3. The van der Waals surface area contributed by atoms with E-state index in [0.717, 1.165) is 65.4 Å². The van der Waals surface area contributed by atoms with Gasteiger partial charge in [-0.25, -0.2) is 0 Å². The van der Waals surface area contributed by atoms with Crippen molar-refractivity contribution in [3.63, 3.8) is 0 Å². The molecule has 0 spiro atoms. The molecule has 0 N–H and O–H groups in total. The van der Waals surface area contributed by atoms with Crippen LogP contribution >= 0.6 is 0 Å². The summed E-state index contributed by atoms with van der Waals surface area (Å²) in [6.07, 6.45) is 1.26. The molecular formula is C19H41N6O2Tc-3. The molecule has 1 rings (SSSR count). The van der Waals surface area contributed by atoms with E-state index < -0.39 is 17.6 Å². The van der Waals surface area contributed by atoms with Crippen LogP contribution in [-0.4, -0.2) is 108 Å². The van der Waals surface area contributed by atoms with Gasteiger partial charge in [0.2, 0.25) is 0 Å². The maximum absolute atomic E-state index is 8.48. The van der Waals surface area contributed by atoms with Gasteiger partial charge in [-0.05, 0) is 33.9 Å². The molecule has 0 aromatic rings. The second-order valence-electron chi connectivity index (χ2n) is 6.96. The minimum absolute atomic E-state index is 0.841. The summed E-state index contributed by atoms with van der Waals surface area (Å²) in [5.41, 5.74) is 0. The number of hydrogen-bond donors (Lipinski definition) is 0. The normalized spacial score (nSPS) is 19.0. The van der Waals surface area contributed by atoms with Gasteiger partial charge in [0.25, 0.3) is 0 Å². The molecule has 0 aromatic carbocycles. The predicted molar refractivity (Wildman–Crippen MR) is 112 cm³/mol. The van der Waals surface area contributed by atoms with Gasteiger partial charge in [-0.2, -0.15) is 39.3 Å². The molecule has 0 aromatic heterocycles. The van der Waals surface area contributed by atoms with E-state index in [-0.39, 0.29) is 0 Å². The topological polar surface area (TPSA) is 93.8 Å². The fraction of sp³-hybridized carbons (Fsp3) is 1.00. The minimum atomic E-state index is -1.91. The summed E-state index contributed by atoms with van der Waals surface area (Å²) in [6.45, 7) is 22.2. The van der Waals surface area contributed by atoms with Crippen molar-refractivity contribution in [3.8, 4) is 0 Å². The van der Waals surface area contributed by atoms with Gasteiger partial charge >= 0.3 is 24.6 Å². The summed E-state index contributed by atoms with van der Waals surface area (Å²) in [4.78, 5) is 2.55. The zero-order valence-corrected chi connectivity index (χ0v) is 20.0. The molecule has 1 heterocycles. The molecule has 0 atom stereocenters. The third-order valence-corrected chi connectivity index (χ3v) is 5.52. The number of nitrogens with zero attached hydrogens (tertiary/aromatic N) is 6. The van der Waals surface area contributed by atoms with Crippen molar-refractivity contribution < 1.29 is 29.1 Å². The number of rotatable bonds is 7. The molecule has 0 unspecified atom stereocenters. The molecule has 1 aliphatic heterocycles.